The van der Waals surface area contributed by atoms with E-state index in [0.29, 0.717) is 11.8 Å². The fourth-order valence-electron chi connectivity index (χ4n) is 8.80. The normalized spacial score (nSPS) is 55.2. The first-order valence-corrected chi connectivity index (χ1v) is 12.6. The zero-order valence-corrected chi connectivity index (χ0v) is 19.2. The summed E-state index contributed by atoms with van der Waals surface area (Å²) >= 11 is 1.80. The number of allylic oxidation sites excluding steroid dienone is 1. The molecule has 7 heteroatoms. The number of thioether (sulfide) groups is 1. The summed E-state index contributed by atoms with van der Waals surface area (Å²) in [4.78, 5) is 37.2. The first-order chi connectivity index (χ1) is 14.5. The Morgan fingerprint density at radius 1 is 1.16 bits per heavy atom. The van der Waals surface area contributed by atoms with Crippen LogP contribution in [0.3, 0.4) is 0 Å². The van der Waals surface area contributed by atoms with Crippen molar-refractivity contribution in [2.24, 2.45) is 34.5 Å². The van der Waals surface area contributed by atoms with Gasteiger partial charge in [0, 0.05) is 10.7 Å². The van der Waals surface area contributed by atoms with Crippen molar-refractivity contribution in [3.63, 3.8) is 0 Å². The smallest absolute Gasteiger partial charge is 0.269 e. The number of hydrogen-bond donors (Lipinski definition) is 1. The lowest BCUT2D eigenvalue weighted by atomic mass is 9.43. The van der Waals surface area contributed by atoms with Gasteiger partial charge in [0.1, 0.15) is 6.17 Å². The minimum absolute atomic E-state index is 0.0544. The van der Waals surface area contributed by atoms with Crippen molar-refractivity contribution in [3.8, 4) is 0 Å². The summed E-state index contributed by atoms with van der Waals surface area (Å²) < 4.78 is 32.5. The van der Waals surface area contributed by atoms with Crippen molar-refractivity contribution in [2.75, 3.05) is 6.26 Å². The van der Waals surface area contributed by atoms with Gasteiger partial charge in [0.05, 0.1) is 11.5 Å². The number of carbonyl (C=O) groups is 3. The van der Waals surface area contributed by atoms with Gasteiger partial charge in [-0.2, -0.15) is 11.8 Å². The van der Waals surface area contributed by atoms with Crippen LogP contribution in [0.15, 0.2) is 11.6 Å². The molecule has 5 aliphatic carbocycles. The average Bonchev–Trinajstić information content (AvgIpc) is 3.26. The summed E-state index contributed by atoms with van der Waals surface area (Å²) in [5.74, 6) is -3.75. The second-order valence-corrected chi connectivity index (χ2v) is 11.9. The van der Waals surface area contributed by atoms with Crippen LogP contribution >= 0.6 is 11.8 Å². The first kappa shape index (κ1) is 21.7. The predicted octanol–water partition coefficient (Wildman–Crippen LogP) is 3.65. The molecule has 0 aromatic rings. The number of aliphatic hydroxyl groups excluding tert-OH is 1. The Hall–Kier alpha value is -1.08. The van der Waals surface area contributed by atoms with Crippen LogP contribution in [0.4, 0.5) is 8.78 Å². The summed E-state index contributed by atoms with van der Waals surface area (Å²) in [7, 11) is 0. The monoisotopic (exact) mass is 452 g/mol. The van der Waals surface area contributed by atoms with E-state index in [2.05, 4.69) is 20.1 Å². The minimum Gasteiger partial charge on any atom is -0.390 e. The van der Waals surface area contributed by atoms with Gasteiger partial charge in [-0.3, -0.25) is 14.4 Å². The van der Waals surface area contributed by atoms with Crippen molar-refractivity contribution in [1.82, 2.24) is 0 Å². The molecule has 31 heavy (non-hydrogen) atoms. The second-order valence-electron chi connectivity index (χ2n) is 10.8. The van der Waals surface area contributed by atoms with Gasteiger partial charge in [0.25, 0.3) is 5.78 Å². The molecule has 0 amide bonds. The zero-order valence-electron chi connectivity index (χ0n) is 18.4. The lowest BCUT2D eigenvalue weighted by Crippen LogP contribution is -2.72. The van der Waals surface area contributed by atoms with Crippen LogP contribution in [0.2, 0.25) is 0 Å². The Morgan fingerprint density at radius 3 is 2.45 bits per heavy atom. The van der Waals surface area contributed by atoms with Crippen LogP contribution in [-0.2, 0) is 14.4 Å². The highest BCUT2D eigenvalue weighted by Gasteiger charge is 2.84. The second kappa shape index (κ2) is 6.28. The highest BCUT2D eigenvalue weighted by molar-refractivity contribution is 8.00. The molecule has 170 valence electrons. The van der Waals surface area contributed by atoms with Crippen molar-refractivity contribution in [1.29, 1.82) is 0 Å². The maximum atomic E-state index is 17.1. The number of fused-ring (bicyclic) bond motifs is 7. The molecular weight excluding hydrogens is 422 g/mol. The summed E-state index contributed by atoms with van der Waals surface area (Å²) in [5.41, 5.74) is -5.24. The molecule has 10 atom stereocenters. The molecule has 0 aromatic carbocycles. The topological polar surface area (TPSA) is 71.4 Å². The Bertz CT molecular complexity index is 935. The van der Waals surface area contributed by atoms with Crippen LogP contribution in [-0.4, -0.2) is 51.4 Å². The molecule has 0 aliphatic heterocycles. The highest BCUT2D eigenvalue weighted by atomic mass is 32.2. The SMILES string of the molecule is CCCC1C2C[C@H]3[C@@H]4CC(F)C5=CC(=O)C(=O)C(=O)[C@]5(C)C4(F)C(O)C[C@]3(C)C12SC. The molecule has 6 unspecified atom stereocenters. The van der Waals surface area contributed by atoms with Crippen LogP contribution in [0.25, 0.3) is 0 Å². The molecule has 0 spiro atoms. The molecule has 4 nitrogen and oxygen atoms in total. The fourth-order valence-corrected chi connectivity index (χ4v) is 10.6. The Kier molecular flexibility index (Phi) is 4.41. The first-order valence-electron chi connectivity index (χ1n) is 11.4. The Balaban J connectivity index is 1.64. The zero-order chi connectivity index (χ0) is 22.7. The number of Topliss-reactive ketones (excluding diaryl/α,β-unsaturated/α-hetero) is 2. The largest absolute Gasteiger partial charge is 0.390 e. The molecule has 0 saturated heterocycles. The highest BCUT2D eigenvalue weighted by Crippen LogP contribution is 2.83. The van der Waals surface area contributed by atoms with E-state index in [1.807, 2.05) is 0 Å². The van der Waals surface area contributed by atoms with E-state index < -0.39 is 46.6 Å². The van der Waals surface area contributed by atoms with Crippen molar-refractivity contribution >= 4 is 29.1 Å². The van der Waals surface area contributed by atoms with Gasteiger partial charge in [0.2, 0.25) is 11.6 Å². The van der Waals surface area contributed by atoms with Crippen LogP contribution in [0, 0.1) is 34.5 Å². The van der Waals surface area contributed by atoms with E-state index in [0.717, 1.165) is 25.3 Å². The third-order valence-electron chi connectivity index (χ3n) is 10.1. The molecule has 0 bridgehead atoms. The van der Waals surface area contributed by atoms with Gasteiger partial charge in [-0.1, -0.05) is 20.3 Å². The van der Waals surface area contributed by atoms with Gasteiger partial charge in [0.15, 0.2) is 5.67 Å². The van der Waals surface area contributed by atoms with E-state index >= 15 is 8.78 Å². The van der Waals surface area contributed by atoms with Crippen molar-refractivity contribution in [2.45, 2.75) is 75.6 Å². The molecule has 4 saturated carbocycles. The Labute approximate surface area is 185 Å². The molecule has 4 fully saturated rings. The van der Waals surface area contributed by atoms with Crippen molar-refractivity contribution < 1.29 is 28.3 Å². The van der Waals surface area contributed by atoms with E-state index in [9.17, 15) is 19.5 Å². The van der Waals surface area contributed by atoms with E-state index in [-0.39, 0.29) is 34.5 Å². The average molecular weight is 453 g/mol. The van der Waals surface area contributed by atoms with Gasteiger partial charge >= 0.3 is 0 Å². The number of hydrogen-bond acceptors (Lipinski definition) is 5. The standard InChI is InChI=1S/C24H30F2O4S/c1-5-6-11-14-7-12-13-8-16(25)15-9-17(27)19(29)20(30)22(15,3)23(13,26)18(28)10-21(12,2)24(11,14)31-4/h9,11-14,16,18,28H,5-8,10H2,1-4H3/t11?,12-,13-,14?,16?,18?,21-,22+,23?,24?/m0/s1. The van der Waals surface area contributed by atoms with Gasteiger partial charge in [-0.05, 0) is 73.7 Å². The molecule has 0 aromatic heterocycles. The molecular formula is C24H30F2O4S. The fraction of sp³-hybridized carbons (Fsp3) is 0.792. The van der Waals surface area contributed by atoms with Crippen molar-refractivity contribution in [3.05, 3.63) is 11.6 Å². The number of alkyl halides is 2. The quantitative estimate of drug-likeness (QED) is 0.662. The van der Waals surface area contributed by atoms with Crippen LogP contribution < -0.4 is 0 Å². The summed E-state index contributed by atoms with van der Waals surface area (Å²) in [6.45, 7) is 5.50. The van der Waals surface area contributed by atoms with Gasteiger partial charge < -0.3 is 5.11 Å². The summed E-state index contributed by atoms with van der Waals surface area (Å²) in [6.07, 6.45) is 2.63. The minimum atomic E-state index is -2.46. The summed E-state index contributed by atoms with van der Waals surface area (Å²) in [6, 6.07) is 0. The van der Waals surface area contributed by atoms with Gasteiger partial charge in [-0.25, -0.2) is 8.78 Å². The Morgan fingerprint density at radius 2 is 1.84 bits per heavy atom. The number of halogens is 2. The third kappa shape index (κ3) is 2.10. The third-order valence-corrected chi connectivity index (χ3v) is 11.8. The van der Waals surface area contributed by atoms with E-state index in [1.54, 1.807) is 11.8 Å². The lowest BCUT2D eigenvalue weighted by molar-refractivity contribution is -0.211. The molecule has 0 radical (unpaired) electrons. The van der Waals surface area contributed by atoms with Crippen LogP contribution in [0.5, 0.6) is 0 Å². The van der Waals surface area contributed by atoms with Gasteiger partial charge in [-0.15, -0.1) is 0 Å². The maximum Gasteiger partial charge on any atom is 0.269 e. The molecule has 1 N–H and O–H groups in total. The van der Waals surface area contributed by atoms with Crippen LogP contribution in [0.1, 0.15) is 52.9 Å². The maximum absolute atomic E-state index is 17.1. The molecule has 5 rings (SSSR count). The number of ketones is 3. The number of rotatable bonds is 3. The summed E-state index contributed by atoms with van der Waals surface area (Å²) in [5, 5.41) is 11.3. The number of carbonyl (C=O) groups excluding carboxylic acids is 3. The molecule has 5 aliphatic rings. The number of aliphatic hydroxyl groups is 1. The lowest BCUT2D eigenvalue weighted by Gasteiger charge is -2.63. The predicted molar refractivity (Wildman–Crippen MR) is 113 cm³/mol. The van der Waals surface area contributed by atoms with E-state index in [4.69, 9.17) is 0 Å². The van der Waals surface area contributed by atoms with E-state index in [1.165, 1.54) is 6.92 Å². The molecule has 0 heterocycles.